The standard InChI is InChI=1S/C16H33NO.HI/c1-7-8-11-17-16(18)15(6)14(5)13(4)10-9-12(2)3;/h12-15H,7-11H2,1-6H3,(H,17,18);1H. The average Bonchev–Trinajstić information content (AvgIpc) is 2.34. The number of amides is 1. The van der Waals surface area contributed by atoms with Gasteiger partial charge in [-0.25, -0.2) is 4.79 Å². The summed E-state index contributed by atoms with van der Waals surface area (Å²) in [7, 11) is 0. The Bertz CT molecular complexity index is 231. The van der Waals surface area contributed by atoms with E-state index >= 15 is 0 Å². The van der Waals surface area contributed by atoms with Crippen LogP contribution in [0, 0.1) is 23.7 Å². The van der Waals surface area contributed by atoms with E-state index in [-0.39, 0.29) is 29.9 Å². The number of halogens is 1. The monoisotopic (exact) mass is 383 g/mol. The minimum Gasteiger partial charge on any atom is -1.00 e. The molecule has 0 aliphatic heterocycles. The summed E-state index contributed by atoms with van der Waals surface area (Å²) in [5, 5.41) is 1.92. The molecule has 2 nitrogen and oxygen atoms in total. The van der Waals surface area contributed by atoms with Crippen LogP contribution in [-0.2, 0) is 4.79 Å². The van der Waals surface area contributed by atoms with Crippen molar-refractivity contribution in [3.05, 3.63) is 0 Å². The summed E-state index contributed by atoms with van der Waals surface area (Å²) in [6, 6.07) is 0. The third kappa shape index (κ3) is 9.83. The van der Waals surface area contributed by atoms with Crippen LogP contribution in [0.15, 0.2) is 0 Å². The second-order valence-corrected chi connectivity index (χ2v) is 6.34. The second-order valence-electron chi connectivity index (χ2n) is 6.34. The summed E-state index contributed by atoms with van der Waals surface area (Å²) < 4.78 is 0. The average molecular weight is 383 g/mol. The van der Waals surface area contributed by atoms with Crippen LogP contribution >= 0.6 is 0 Å². The first-order valence-corrected chi connectivity index (χ1v) is 7.77. The highest BCUT2D eigenvalue weighted by Crippen LogP contribution is 2.25. The molecule has 0 fully saturated rings. The van der Waals surface area contributed by atoms with Gasteiger partial charge in [0.2, 0.25) is 0 Å². The first kappa shape index (κ1) is 21.7. The first-order chi connectivity index (χ1) is 8.40. The van der Waals surface area contributed by atoms with Crippen LogP contribution in [0.3, 0.4) is 0 Å². The summed E-state index contributed by atoms with van der Waals surface area (Å²) in [4.78, 5) is 12.0. The van der Waals surface area contributed by atoms with E-state index in [1.54, 1.807) is 0 Å². The van der Waals surface area contributed by atoms with Crippen molar-refractivity contribution in [2.75, 3.05) is 6.54 Å². The minimum absolute atomic E-state index is 0. The Morgan fingerprint density at radius 1 is 1.05 bits per heavy atom. The van der Waals surface area contributed by atoms with Crippen molar-refractivity contribution in [1.82, 2.24) is 0 Å². The fourth-order valence-corrected chi connectivity index (χ4v) is 2.25. The maximum absolute atomic E-state index is 12.0. The lowest BCUT2D eigenvalue weighted by atomic mass is 9.81. The van der Waals surface area contributed by atoms with Gasteiger partial charge < -0.3 is 24.0 Å². The number of quaternary nitrogens is 1. The molecule has 3 atom stereocenters. The Kier molecular flexibility index (Phi) is 13.8. The van der Waals surface area contributed by atoms with E-state index in [4.69, 9.17) is 0 Å². The van der Waals surface area contributed by atoms with E-state index in [1.807, 2.05) is 5.32 Å². The topological polar surface area (TPSA) is 33.7 Å². The van der Waals surface area contributed by atoms with Gasteiger partial charge in [0.1, 0.15) is 0 Å². The lowest BCUT2D eigenvalue weighted by molar-refractivity contribution is -0.572. The fraction of sp³-hybridized carbons (Fsp3) is 0.938. The van der Waals surface area contributed by atoms with Gasteiger partial charge >= 0.3 is 5.91 Å². The Morgan fingerprint density at radius 2 is 1.63 bits per heavy atom. The molecule has 1 amide bonds. The third-order valence-electron chi connectivity index (χ3n) is 4.24. The molecule has 0 aliphatic rings. The number of nitrogens with two attached hydrogens (primary N) is 1. The summed E-state index contributed by atoms with van der Waals surface area (Å²) in [5.41, 5.74) is 0. The molecule has 0 rings (SSSR count). The zero-order valence-electron chi connectivity index (χ0n) is 13.7. The van der Waals surface area contributed by atoms with Gasteiger partial charge in [0.15, 0.2) is 0 Å². The van der Waals surface area contributed by atoms with Crippen LogP contribution in [0.2, 0.25) is 0 Å². The minimum atomic E-state index is 0. The largest absolute Gasteiger partial charge is 1.00 e. The molecule has 3 unspecified atom stereocenters. The first-order valence-electron chi connectivity index (χ1n) is 7.77. The van der Waals surface area contributed by atoms with Gasteiger partial charge in [-0.3, -0.25) is 5.32 Å². The van der Waals surface area contributed by atoms with Crippen molar-refractivity contribution >= 4 is 5.91 Å². The van der Waals surface area contributed by atoms with E-state index in [9.17, 15) is 4.79 Å². The molecule has 0 aliphatic carbocycles. The molecule has 116 valence electrons. The lowest BCUT2D eigenvalue weighted by Gasteiger charge is -2.24. The summed E-state index contributed by atoms with van der Waals surface area (Å²) >= 11 is 0. The highest BCUT2D eigenvalue weighted by atomic mass is 127. The van der Waals surface area contributed by atoms with Crippen LogP contribution in [0.4, 0.5) is 0 Å². The van der Waals surface area contributed by atoms with E-state index < -0.39 is 0 Å². The van der Waals surface area contributed by atoms with Crippen molar-refractivity contribution in [3.63, 3.8) is 0 Å². The predicted octanol–water partition coefficient (Wildman–Crippen LogP) is 0.225. The number of carbonyl (C=O) groups is 1. The zero-order chi connectivity index (χ0) is 14.1. The van der Waals surface area contributed by atoms with Gasteiger partial charge in [-0.15, -0.1) is 0 Å². The van der Waals surface area contributed by atoms with E-state index in [0.29, 0.717) is 17.7 Å². The molecule has 0 saturated heterocycles. The van der Waals surface area contributed by atoms with Crippen LogP contribution in [0.5, 0.6) is 0 Å². The quantitative estimate of drug-likeness (QED) is 0.449. The molecule has 0 bridgehead atoms. The normalized spacial score (nSPS) is 15.7. The molecule has 0 radical (unpaired) electrons. The zero-order valence-corrected chi connectivity index (χ0v) is 15.9. The molecule has 0 spiro atoms. The van der Waals surface area contributed by atoms with E-state index in [2.05, 4.69) is 41.5 Å². The number of primary amides is 1. The molecule has 0 saturated carbocycles. The number of carbonyl (C=O) groups excluding carboxylic acids is 1. The molecule has 19 heavy (non-hydrogen) atoms. The molecule has 3 heteroatoms. The Hall–Kier alpha value is 0.360. The van der Waals surface area contributed by atoms with Gasteiger partial charge in [0.05, 0.1) is 12.5 Å². The highest BCUT2D eigenvalue weighted by Gasteiger charge is 2.27. The smallest absolute Gasteiger partial charge is 0.313 e. The van der Waals surface area contributed by atoms with Crippen molar-refractivity contribution in [2.24, 2.45) is 23.7 Å². The van der Waals surface area contributed by atoms with Crippen LogP contribution in [0.25, 0.3) is 0 Å². The molecular formula is C16H34INO. The molecule has 0 heterocycles. The Balaban J connectivity index is 0. The highest BCUT2D eigenvalue weighted by molar-refractivity contribution is 5.68. The number of rotatable bonds is 9. The van der Waals surface area contributed by atoms with Gasteiger partial charge in [-0.2, -0.15) is 0 Å². The fourth-order valence-electron chi connectivity index (χ4n) is 2.25. The van der Waals surface area contributed by atoms with Crippen molar-refractivity contribution in [2.45, 2.75) is 67.2 Å². The Labute approximate surface area is 137 Å². The number of unbranched alkanes of at least 4 members (excludes halogenated alkanes) is 1. The maximum atomic E-state index is 12.0. The summed E-state index contributed by atoms with van der Waals surface area (Å²) in [6.45, 7) is 14.3. The SMILES string of the molecule is CCCC[NH2+]C(=O)C(C)C(C)C(C)CCC(C)C.[I-]. The van der Waals surface area contributed by atoms with Gasteiger partial charge in [0.25, 0.3) is 0 Å². The van der Waals surface area contributed by atoms with Crippen molar-refractivity contribution < 1.29 is 34.1 Å². The van der Waals surface area contributed by atoms with Crippen LogP contribution in [0.1, 0.15) is 67.2 Å². The van der Waals surface area contributed by atoms with Crippen molar-refractivity contribution in [3.8, 4) is 0 Å². The van der Waals surface area contributed by atoms with Crippen LogP contribution in [-0.4, -0.2) is 12.5 Å². The van der Waals surface area contributed by atoms with Gasteiger partial charge in [-0.05, 0) is 31.1 Å². The molecule has 0 aromatic carbocycles. The molecular weight excluding hydrogens is 349 g/mol. The predicted molar refractivity (Wildman–Crippen MR) is 78.3 cm³/mol. The third-order valence-corrected chi connectivity index (χ3v) is 4.24. The lowest BCUT2D eigenvalue weighted by Crippen LogP contribution is -3.00. The molecule has 2 N–H and O–H groups in total. The van der Waals surface area contributed by atoms with E-state index in [1.165, 1.54) is 19.3 Å². The second kappa shape index (κ2) is 12.1. The molecule has 0 aromatic rings. The van der Waals surface area contributed by atoms with Gasteiger partial charge in [0, 0.05) is 0 Å². The summed E-state index contributed by atoms with van der Waals surface area (Å²) in [6.07, 6.45) is 4.81. The number of hydrogen-bond donors (Lipinski definition) is 1. The Morgan fingerprint density at radius 3 is 2.11 bits per heavy atom. The summed E-state index contributed by atoms with van der Waals surface area (Å²) in [5.74, 6) is 2.44. The number of hydrogen-bond acceptors (Lipinski definition) is 1. The van der Waals surface area contributed by atoms with Gasteiger partial charge in [-0.1, -0.05) is 53.9 Å². The van der Waals surface area contributed by atoms with E-state index in [0.717, 1.165) is 18.9 Å². The maximum Gasteiger partial charge on any atom is 0.313 e. The molecule has 0 aromatic heterocycles. The van der Waals surface area contributed by atoms with Crippen LogP contribution < -0.4 is 29.3 Å². The van der Waals surface area contributed by atoms with Crippen molar-refractivity contribution in [1.29, 1.82) is 0 Å².